The standard InChI is InChI=1S/C17H22F3NO4/c1-3-10-24-15(22)14(16(23)25-11-4-2)21(12-17(18,19)20)13-8-6-5-7-9-13/h5-9,14H,3-4,10-12H2,1-2H3. The van der Waals surface area contributed by atoms with E-state index in [1.807, 2.05) is 0 Å². The van der Waals surface area contributed by atoms with Crippen molar-refractivity contribution in [2.24, 2.45) is 0 Å². The maximum absolute atomic E-state index is 13.0. The highest BCUT2D eigenvalue weighted by molar-refractivity contribution is 6.02. The number of rotatable bonds is 9. The van der Waals surface area contributed by atoms with E-state index in [9.17, 15) is 22.8 Å². The lowest BCUT2D eigenvalue weighted by molar-refractivity contribution is -0.158. The SMILES string of the molecule is CCCOC(=O)C(C(=O)OCCC)N(CC(F)(F)F)c1ccccc1. The van der Waals surface area contributed by atoms with E-state index in [1.54, 1.807) is 19.9 Å². The van der Waals surface area contributed by atoms with Crippen molar-refractivity contribution in [2.75, 3.05) is 24.7 Å². The fourth-order valence-electron chi connectivity index (χ4n) is 2.06. The molecule has 0 saturated carbocycles. The van der Waals surface area contributed by atoms with Crippen LogP contribution in [0.4, 0.5) is 18.9 Å². The zero-order valence-corrected chi connectivity index (χ0v) is 14.2. The number of halogens is 3. The van der Waals surface area contributed by atoms with Crippen LogP contribution in [0.3, 0.4) is 0 Å². The smallest absolute Gasteiger partial charge is 0.405 e. The van der Waals surface area contributed by atoms with E-state index in [4.69, 9.17) is 9.47 Å². The van der Waals surface area contributed by atoms with Crippen LogP contribution in [-0.2, 0) is 19.1 Å². The molecule has 0 atom stereocenters. The molecule has 0 unspecified atom stereocenters. The molecular formula is C17H22F3NO4. The molecular weight excluding hydrogens is 339 g/mol. The van der Waals surface area contributed by atoms with Gasteiger partial charge >= 0.3 is 18.1 Å². The number of ether oxygens (including phenoxy) is 2. The van der Waals surface area contributed by atoms with Crippen molar-refractivity contribution in [1.29, 1.82) is 0 Å². The summed E-state index contributed by atoms with van der Waals surface area (Å²) in [4.78, 5) is 25.2. The minimum absolute atomic E-state index is 0.00500. The fraction of sp³-hybridized carbons (Fsp3) is 0.529. The summed E-state index contributed by atoms with van der Waals surface area (Å²) in [6.07, 6.45) is -3.66. The molecule has 0 N–H and O–H groups in total. The van der Waals surface area contributed by atoms with Crippen LogP contribution in [0.5, 0.6) is 0 Å². The number of hydrogen-bond acceptors (Lipinski definition) is 5. The van der Waals surface area contributed by atoms with Gasteiger partial charge in [-0.2, -0.15) is 13.2 Å². The minimum atomic E-state index is -4.62. The number of benzene rings is 1. The highest BCUT2D eigenvalue weighted by atomic mass is 19.4. The first-order chi connectivity index (χ1) is 11.8. The molecule has 0 fully saturated rings. The molecule has 8 heteroatoms. The van der Waals surface area contributed by atoms with Gasteiger partial charge in [0.25, 0.3) is 0 Å². The molecule has 0 aliphatic carbocycles. The van der Waals surface area contributed by atoms with Crippen LogP contribution in [0.25, 0.3) is 0 Å². The van der Waals surface area contributed by atoms with E-state index in [-0.39, 0.29) is 18.9 Å². The van der Waals surface area contributed by atoms with Gasteiger partial charge in [0.05, 0.1) is 13.2 Å². The van der Waals surface area contributed by atoms with Gasteiger partial charge in [-0.3, -0.25) is 0 Å². The zero-order chi connectivity index (χ0) is 18.9. The number of carbonyl (C=O) groups is 2. The van der Waals surface area contributed by atoms with Crippen LogP contribution >= 0.6 is 0 Å². The summed E-state index contributed by atoms with van der Waals surface area (Å²) in [5.41, 5.74) is 0.0757. The summed E-state index contributed by atoms with van der Waals surface area (Å²) in [5, 5.41) is 0. The second kappa shape index (κ2) is 9.90. The Balaban J connectivity index is 3.21. The molecule has 0 radical (unpaired) electrons. The van der Waals surface area contributed by atoms with Crippen LogP contribution < -0.4 is 4.90 Å². The molecule has 1 rings (SSSR count). The van der Waals surface area contributed by atoms with Gasteiger partial charge in [0.2, 0.25) is 6.04 Å². The molecule has 140 valence electrons. The summed E-state index contributed by atoms with van der Waals surface area (Å²) in [6.45, 7) is 2.00. The Hall–Kier alpha value is -2.25. The van der Waals surface area contributed by atoms with Crippen LogP contribution in [0.1, 0.15) is 26.7 Å². The largest absolute Gasteiger partial charge is 0.464 e. The van der Waals surface area contributed by atoms with Crippen molar-refractivity contribution < 1.29 is 32.2 Å². The number of anilines is 1. The predicted octanol–water partition coefficient (Wildman–Crippen LogP) is 3.33. The van der Waals surface area contributed by atoms with Crippen molar-refractivity contribution in [3.63, 3.8) is 0 Å². The van der Waals surface area contributed by atoms with Gasteiger partial charge in [-0.15, -0.1) is 0 Å². The molecule has 0 saturated heterocycles. The summed E-state index contributed by atoms with van der Waals surface area (Å²) in [7, 11) is 0. The molecule has 1 aromatic carbocycles. The van der Waals surface area contributed by atoms with Crippen molar-refractivity contribution in [2.45, 2.75) is 38.9 Å². The van der Waals surface area contributed by atoms with Crippen molar-refractivity contribution in [3.8, 4) is 0 Å². The Bertz CT molecular complexity index is 529. The monoisotopic (exact) mass is 361 g/mol. The zero-order valence-electron chi connectivity index (χ0n) is 14.2. The van der Waals surface area contributed by atoms with Crippen LogP contribution in [-0.4, -0.2) is 43.9 Å². The number of carbonyl (C=O) groups excluding carboxylic acids is 2. The molecule has 0 spiro atoms. The third-order valence-electron chi connectivity index (χ3n) is 3.09. The Labute approximate surface area is 144 Å². The maximum atomic E-state index is 13.0. The Morgan fingerprint density at radius 2 is 1.48 bits per heavy atom. The summed E-state index contributed by atoms with van der Waals surface area (Å²) in [6, 6.07) is 5.62. The number of para-hydroxylation sites is 1. The summed E-state index contributed by atoms with van der Waals surface area (Å²) in [5.74, 6) is -2.12. The first kappa shape index (κ1) is 20.8. The van der Waals surface area contributed by atoms with E-state index in [0.717, 1.165) is 0 Å². The molecule has 0 heterocycles. The van der Waals surface area contributed by atoms with Gasteiger partial charge in [-0.1, -0.05) is 32.0 Å². The number of esters is 2. The van der Waals surface area contributed by atoms with Crippen LogP contribution in [0.2, 0.25) is 0 Å². The topological polar surface area (TPSA) is 55.8 Å². The van der Waals surface area contributed by atoms with Crippen molar-refractivity contribution in [3.05, 3.63) is 30.3 Å². The van der Waals surface area contributed by atoms with Gasteiger partial charge in [0, 0.05) is 5.69 Å². The minimum Gasteiger partial charge on any atom is -0.464 e. The normalized spacial score (nSPS) is 11.3. The number of alkyl halides is 3. The first-order valence-electron chi connectivity index (χ1n) is 8.01. The lowest BCUT2D eigenvalue weighted by Gasteiger charge is -2.31. The molecule has 1 aromatic rings. The molecule has 5 nitrogen and oxygen atoms in total. The summed E-state index contributed by atoms with van der Waals surface area (Å²) < 4.78 is 49.0. The second-order valence-corrected chi connectivity index (χ2v) is 5.32. The van der Waals surface area contributed by atoms with E-state index in [0.29, 0.717) is 17.7 Å². The predicted molar refractivity (Wildman–Crippen MR) is 86.1 cm³/mol. The third kappa shape index (κ3) is 7.03. The molecule has 0 bridgehead atoms. The third-order valence-corrected chi connectivity index (χ3v) is 3.09. The fourth-order valence-corrected chi connectivity index (χ4v) is 2.06. The molecule has 25 heavy (non-hydrogen) atoms. The molecule has 0 aliphatic heterocycles. The van der Waals surface area contributed by atoms with Crippen LogP contribution in [0, 0.1) is 0 Å². The lowest BCUT2D eigenvalue weighted by Crippen LogP contribution is -2.52. The Kier molecular flexibility index (Phi) is 8.24. The Morgan fingerprint density at radius 3 is 1.88 bits per heavy atom. The molecule has 0 amide bonds. The van der Waals surface area contributed by atoms with E-state index < -0.39 is 30.7 Å². The highest BCUT2D eigenvalue weighted by Gasteiger charge is 2.42. The average Bonchev–Trinajstić information content (AvgIpc) is 2.57. The molecule has 0 aliphatic rings. The van der Waals surface area contributed by atoms with Crippen molar-refractivity contribution in [1.82, 2.24) is 0 Å². The van der Waals surface area contributed by atoms with Gasteiger partial charge in [0.1, 0.15) is 6.54 Å². The van der Waals surface area contributed by atoms with Crippen molar-refractivity contribution >= 4 is 17.6 Å². The van der Waals surface area contributed by atoms with Gasteiger partial charge in [-0.05, 0) is 25.0 Å². The van der Waals surface area contributed by atoms with E-state index in [1.165, 1.54) is 24.3 Å². The van der Waals surface area contributed by atoms with Gasteiger partial charge in [-0.25, -0.2) is 9.59 Å². The second-order valence-electron chi connectivity index (χ2n) is 5.32. The molecule has 0 aromatic heterocycles. The van der Waals surface area contributed by atoms with E-state index >= 15 is 0 Å². The van der Waals surface area contributed by atoms with Gasteiger partial charge in [0.15, 0.2) is 0 Å². The first-order valence-corrected chi connectivity index (χ1v) is 8.01. The highest BCUT2D eigenvalue weighted by Crippen LogP contribution is 2.25. The lowest BCUT2D eigenvalue weighted by atomic mass is 10.2. The van der Waals surface area contributed by atoms with Gasteiger partial charge < -0.3 is 14.4 Å². The number of hydrogen-bond donors (Lipinski definition) is 0. The quantitative estimate of drug-likeness (QED) is 0.499. The van der Waals surface area contributed by atoms with Crippen LogP contribution in [0.15, 0.2) is 30.3 Å². The van der Waals surface area contributed by atoms with E-state index in [2.05, 4.69) is 0 Å². The average molecular weight is 361 g/mol. The summed E-state index contributed by atoms with van der Waals surface area (Å²) >= 11 is 0. The maximum Gasteiger partial charge on any atom is 0.405 e. The number of nitrogens with zero attached hydrogens (tertiary/aromatic N) is 1. The Morgan fingerprint density at radius 1 is 1.00 bits per heavy atom.